The summed E-state index contributed by atoms with van der Waals surface area (Å²) in [6.07, 6.45) is 7.57. The van der Waals surface area contributed by atoms with Crippen LogP contribution in [-0.4, -0.2) is 65.0 Å². The molecule has 0 radical (unpaired) electrons. The highest BCUT2D eigenvalue weighted by Crippen LogP contribution is 2.39. The molecule has 1 unspecified atom stereocenters. The van der Waals surface area contributed by atoms with Crippen molar-refractivity contribution in [3.63, 3.8) is 0 Å². The average Bonchev–Trinajstić information content (AvgIpc) is 3.53. The summed E-state index contributed by atoms with van der Waals surface area (Å²) in [5, 5.41) is 38.2. The van der Waals surface area contributed by atoms with Crippen LogP contribution in [0.4, 0.5) is 10.1 Å². The molecule has 11 nitrogen and oxygen atoms in total. The Morgan fingerprint density at radius 1 is 1.27 bits per heavy atom. The van der Waals surface area contributed by atoms with Gasteiger partial charge in [-0.15, -0.1) is 5.10 Å². The van der Waals surface area contributed by atoms with E-state index in [9.17, 15) is 19.6 Å². The smallest absolute Gasteiger partial charge is 0.255 e. The molecule has 1 atom stereocenters. The van der Waals surface area contributed by atoms with Crippen molar-refractivity contribution in [2.45, 2.75) is 69.8 Å². The number of hydrogen-bond donors (Lipinski definition) is 3. The molecule has 1 amide bonds. The third-order valence-electron chi connectivity index (χ3n) is 7.84. The Morgan fingerprint density at radius 3 is 2.80 bits per heavy atom. The van der Waals surface area contributed by atoms with Crippen LogP contribution in [0.25, 0.3) is 16.9 Å². The van der Waals surface area contributed by atoms with Crippen molar-refractivity contribution in [1.29, 1.82) is 5.26 Å². The van der Waals surface area contributed by atoms with Gasteiger partial charge in [-0.3, -0.25) is 14.5 Å². The number of aromatic nitrogens is 6. The zero-order valence-corrected chi connectivity index (χ0v) is 23.0. The third kappa shape index (κ3) is 5.76. The molecule has 2 saturated carbocycles. The molecule has 2 aliphatic carbocycles. The summed E-state index contributed by atoms with van der Waals surface area (Å²) in [6, 6.07) is 9.48. The number of hydrogen-bond acceptors (Lipinski definition) is 8. The summed E-state index contributed by atoms with van der Waals surface area (Å²) in [6.45, 7) is 3.20. The number of rotatable bonds is 10. The number of aliphatic hydroxyl groups is 1. The molecule has 0 spiro atoms. The molecule has 4 aromatic rings. The summed E-state index contributed by atoms with van der Waals surface area (Å²) in [5.74, 6) is 0.524. The van der Waals surface area contributed by atoms with E-state index in [0.717, 1.165) is 30.6 Å². The molecule has 0 aromatic carbocycles. The quantitative estimate of drug-likeness (QED) is 0.269. The molecule has 2 fully saturated rings. The fourth-order valence-corrected chi connectivity index (χ4v) is 5.13. The van der Waals surface area contributed by atoms with E-state index in [2.05, 4.69) is 43.3 Å². The van der Waals surface area contributed by atoms with Crippen molar-refractivity contribution in [3.05, 3.63) is 59.7 Å². The van der Waals surface area contributed by atoms with E-state index in [0.29, 0.717) is 34.5 Å². The summed E-state index contributed by atoms with van der Waals surface area (Å²) in [4.78, 5) is 17.7. The zero-order chi connectivity index (χ0) is 28.7. The van der Waals surface area contributed by atoms with Crippen LogP contribution in [0.5, 0.6) is 0 Å². The number of nitrogens with zero attached hydrogens (tertiary/aromatic N) is 7. The minimum Gasteiger partial charge on any atom is -0.387 e. The van der Waals surface area contributed by atoms with Gasteiger partial charge in [-0.2, -0.15) is 10.4 Å². The zero-order valence-electron chi connectivity index (χ0n) is 23.0. The molecule has 0 bridgehead atoms. The lowest BCUT2D eigenvalue weighted by Gasteiger charge is -2.36. The molecule has 212 valence electrons. The topological polar surface area (TPSA) is 146 Å². The van der Waals surface area contributed by atoms with Crippen LogP contribution in [0.15, 0.2) is 42.9 Å². The van der Waals surface area contributed by atoms with Crippen molar-refractivity contribution in [3.8, 4) is 17.5 Å². The summed E-state index contributed by atoms with van der Waals surface area (Å²) in [5.41, 5.74) is 2.86. The fraction of sp³-hybridized carbons (Fsp3) is 0.448. The Bertz CT molecular complexity index is 1620. The first-order valence-corrected chi connectivity index (χ1v) is 13.9. The maximum Gasteiger partial charge on any atom is 0.255 e. The second-order valence-corrected chi connectivity index (χ2v) is 11.7. The Hall–Kier alpha value is -4.37. The minimum absolute atomic E-state index is 0.138. The van der Waals surface area contributed by atoms with Gasteiger partial charge in [0.15, 0.2) is 0 Å². The van der Waals surface area contributed by atoms with Gasteiger partial charge in [-0.05, 0) is 69.7 Å². The van der Waals surface area contributed by atoms with Gasteiger partial charge in [0.05, 0.1) is 57.8 Å². The Morgan fingerprint density at radius 2 is 2.07 bits per heavy atom. The number of carbonyl (C=O) groups excluding carboxylic acids is 1. The number of amides is 1. The van der Waals surface area contributed by atoms with Gasteiger partial charge >= 0.3 is 0 Å². The van der Waals surface area contributed by atoms with E-state index in [4.69, 9.17) is 0 Å². The van der Waals surface area contributed by atoms with Crippen LogP contribution in [0, 0.1) is 17.2 Å². The Labute approximate surface area is 236 Å². The Balaban J connectivity index is 1.20. The van der Waals surface area contributed by atoms with Gasteiger partial charge in [0.25, 0.3) is 5.91 Å². The predicted molar refractivity (Wildman–Crippen MR) is 149 cm³/mol. The van der Waals surface area contributed by atoms with Crippen LogP contribution < -0.4 is 10.6 Å². The lowest BCUT2D eigenvalue weighted by molar-refractivity contribution is -0.00177. The largest absolute Gasteiger partial charge is 0.387 e. The van der Waals surface area contributed by atoms with Crippen LogP contribution in [0.3, 0.4) is 0 Å². The number of nitrogens with one attached hydrogen (secondary N) is 2. The first-order chi connectivity index (χ1) is 19.7. The Kier molecular flexibility index (Phi) is 6.91. The van der Waals surface area contributed by atoms with E-state index in [1.807, 2.05) is 16.8 Å². The highest BCUT2D eigenvalue weighted by Gasteiger charge is 2.32. The maximum absolute atomic E-state index is 14.3. The molecule has 0 saturated heterocycles. The molecule has 4 heterocycles. The van der Waals surface area contributed by atoms with Gasteiger partial charge in [-0.25, -0.2) is 8.91 Å². The molecule has 12 heteroatoms. The molecular formula is C29H32FN9O2. The third-order valence-corrected chi connectivity index (χ3v) is 7.84. The summed E-state index contributed by atoms with van der Waals surface area (Å²) >= 11 is 0. The minimum atomic E-state index is -1.63. The number of carbonyl (C=O) groups is 1. The SMILES string of the molecule is CC(C)(O)C(F)CNC(=O)c1cnc(-c2ccc3cc(C#N)cnn23)cc1NC1CC(Cn2cc(C3CC3)nn2)C1. The molecule has 0 aliphatic heterocycles. The van der Waals surface area contributed by atoms with Crippen molar-refractivity contribution >= 4 is 17.1 Å². The van der Waals surface area contributed by atoms with Gasteiger partial charge < -0.3 is 15.7 Å². The first kappa shape index (κ1) is 26.8. The molecular weight excluding hydrogens is 525 g/mol. The van der Waals surface area contributed by atoms with E-state index in [1.54, 1.807) is 16.6 Å². The summed E-state index contributed by atoms with van der Waals surface area (Å²) < 4.78 is 18.0. The normalized spacial score (nSPS) is 19.4. The van der Waals surface area contributed by atoms with Crippen molar-refractivity contribution in [2.75, 3.05) is 11.9 Å². The van der Waals surface area contributed by atoms with Crippen molar-refractivity contribution in [2.24, 2.45) is 5.92 Å². The van der Waals surface area contributed by atoms with Crippen LogP contribution in [-0.2, 0) is 6.54 Å². The average molecular weight is 558 g/mol. The van der Waals surface area contributed by atoms with Crippen LogP contribution >= 0.6 is 0 Å². The maximum atomic E-state index is 14.3. The first-order valence-electron chi connectivity index (χ1n) is 13.9. The number of anilines is 1. The van der Waals surface area contributed by atoms with E-state index in [-0.39, 0.29) is 18.2 Å². The van der Waals surface area contributed by atoms with Gasteiger partial charge in [0.1, 0.15) is 12.2 Å². The number of alkyl halides is 1. The van der Waals surface area contributed by atoms with Gasteiger partial charge in [0, 0.05) is 30.9 Å². The second-order valence-electron chi connectivity index (χ2n) is 11.7. The molecule has 4 aromatic heterocycles. The summed E-state index contributed by atoms with van der Waals surface area (Å²) in [7, 11) is 0. The molecule has 2 aliphatic rings. The number of fused-ring (bicyclic) bond motifs is 1. The monoisotopic (exact) mass is 557 g/mol. The predicted octanol–water partition coefficient (Wildman–Crippen LogP) is 3.47. The highest BCUT2D eigenvalue weighted by atomic mass is 19.1. The van der Waals surface area contributed by atoms with Crippen LogP contribution in [0.2, 0.25) is 0 Å². The number of nitriles is 1. The fourth-order valence-electron chi connectivity index (χ4n) is 5.13. The van der Waals surface area contributed by atoms with E-state index < -0.39 is 17.7 Å². The lowest BCUT2D eigenvalue weighted by Crippen LogP contribution is -2.42. The second kappa shape index (κ2) is 10.6. The standard InChI is InChI=1S/C29H32FN9O2/c1-29(2,41)27(30)14-33-28(40)22-13-32-24(26-6-5-21-9-18(11-31)12-34-39(21)26)10-23(22)35-20-7-17(8-20)15-38-16-25(36-37-38)19-3-4-19/h5-6,9-10,12-13,16-17,19-20,27,41H,3-4,7-8,14-15H2,1-2H3,(H,32,35)(H,33,40). The van der Waals surface area contributed by atoms with Gasteiger partial charge in [-0.1, -0.05) is 5.21 Å². The van der Waals surface area contributed by atoms with Crippen molar-refractivity contribution < 1.29 is 14.3 Å². The highest BCUT2D eigenvalue weighted by molar-refractivity contribution is 6.00. The van der Waals surface area contributed by atoms with Crippen molar-refractivity contribution in [1.82, 2.24) is 34.9 Å². The molecule has 3 N–H and O–H groups in total. The number of pyridine rings is 1. The van der Waals surface area contributed by atoms with E-state index in [1.165, 1.54) is 39.1 Å². The van der Waals surface area contributed by atoms with E-state index >= 15 is 0 Å². The molecule has 6 rings (SSSR count). The van der Waals surface area contributed by atoms with Gasteiger partial charge in [0.2, 0.25) is 0 Å². The lowest BCUT2D eigenvalue weighted by atomic mass is 9.80. The number of halogens is 1. The van der Waals surface area contributed by atoms with Crippen LogP contribution in [0.1, 0.15) is 67.1 Å². The molecule has 41 heavy (non-hydrogen) atoms.